The highest BCUT2D eigenvalue weighted by Gasteiger charge is 2.44. The first kappa shape index (κ1) is 17.8. The number of amides is 1. The fraction of sp³-hybridized carbons (Fsp3) is 0.316. The normalized spacial score (nSPS) is 16.1. The van der Waals surface area contributed by atoms with Crippen LogP contribution in [-0.2, 0) is 16.0 Å². The Morgan fingerprint density at radius 3 is 2.31 bits per heavy atom. The monoisotopic (exact) mass is 358 g/mol. The van der Waals surface area contributed by atoms with Gasteiger partial charge >= 0.3 is 5.97 Å². The van der Waals surface area contributed by atoms with E-state index in [4.69, 9.17) is 4.74 Å². The zero-order valence-corrected chi connectivity index (χ0v) is 14.1. The van der Waals surface area contributed by atoms with Crippen molar-refractivity contribution in [2.45, 2.75) is 24.9 Å². The standard InChI is InChI=1S/C19H19FN2O4/c20-15-1-3-16(4-2-15)26-19(18(24)25)7-11-22(12-8-19)17(23)13-14-5-9-21-10-6-14/h1-6,9-10H,7-8,11-13H2,(H,24,25). The number of carboxylic acid groups (broad SMARTS) is 1. The number of pyridine rings is 1. The van der Waals surface area contributed by atoms with Gasteiger partial charge in [0.2, 0.25) is 11.5 Å². The molecule has 26 heavy (non-hydrogen) atoms. The van der Waals surface area contributed by atoms with Crippen molar-refractivity contribution in [2.24, 2.45) is 0 Å². The lowest BCUT2D eigenvalue weighted by Gasteiger charge is -2.39. The number of carbonyl (C=O) groups excluding carboxylic acids is 1. The maximum atomic E-state index is 13.0. The molecule has 1 aliphatic heterocycles. The minimum atomic E-state index is -1.41. The summed E-state index contributed by atoms with van der Waals surface area (Å²) < 4.78 is 18.7. The van der Waals surface area contributed by atoms with Gasteiger partial charge in [0, 0.05) is 38.3 Å². The van der Waals surface area contributed by atoms with Gasteiger partial charge in [0.15, 0.2) is 0 Å². The maximum Gasteiger partial charge on any atom is 0.348 e. The first-order chi connectivity index (χ1) is 12.5. The van der Waals surface area contributed by atoms with E-state index in [9.17, 15) is 19.1 Å². The molecular formula is C19H19FN2O4. The van der Waals surface area contributed by atoms with Crippen LogP contribution in [-0.4, -0.2) is 45.6 Å². The lowest BCUT2D eigenvalue weighted by molar-refractivity contribution is -0.161. The summed E-state index contributed by atoms with van der Waals surface area (Å²) in [5.41, 5.74) is -0.548. The zero-order valence-electron chi connectivity index (χ0n) is 14.1. The molecule has 0 spiro atoms. The van der Waals surface area contributed by atoms with E-state index in [0.29, 0.717) is 5.75 Å². The van der Waals surface area contributed by atoms with Gasteiger partial charge in [-0.25, -0.2) is 9.18 Å². The van der Waals surface area contributed by atoms with Gasteiger partial charge in [-0.3, -0.25) is 9.78 Å². The highest BCUT2D eigenvalue weighted by molar-refractivity contribution is 5.81. The number of ether oxygens (including phenoxy) is 1. The molecule has 2 heterocycles. The molecule has 1 saturated heterocycles. The van der Waals surface area contributed by atoms with Gasteiger partial charge in [0.1, 0.15) is 11.6 Å². The molecular weight excluding hydrogens is 339 g/mol. The molecule has 7 heteroatoms. The Hall–Kier alpha value is -2.96. The summed E-state index contributed by atoms with van der Waals surface area (Å²) in [4.78, 5) is 29.8. The van der Waals surface area contributed by atoms with Gasteiger partial charge in [0.05, 0.1) is 6.42 Å². The zero-order chi connectivity index (χ0) is 18.6. The van der Waals surface area contributed by atoms with Crippen molar-refractivity contribution >= 4 is 11.9 Å². The average Bonchev–Trinajstić information content (AvgIpc) is 2.65. The number of hydrogen-bond donors (Lipinski definition) is 1. The molecule has 1 amide bonds. The number of rotatable bonds is 5. The molecule has 0 atom stereocenters. The number of benzene rings is 1. The molecule has 2 aromatic rings. The molecule has 0 saturated carbocycles. The molecule has 0 unspecified atom stereocenters. The molecule has 136 valence electrons. The van der Waals surface area contributed by atoms with Crippen molar-refractivity contribution in [2.75, 3.05) is 13.1 Å². The molecule has 6 nitrogen and oxygen atoms in total. The second-order valence-corrected chi connectivity index (χ2v) is 6.27. The predicted octanol–water partition coefficient (Wildman–Crippen LogP) is 2.29. The van der Waals surface area contributed by atoms with E-state index < -0.39 is 17.4 Å². The summed E-state index contributed by atoms with van der Waals surface area (Å²) in [6, 6.07) is 8.81. The Balaban J connectivity index is 1.64. The van der Waals surface area contributed by atoms with E-state index in [2.05, 4.69) is 4.98 Å². The molecule has 1 aromatic heterocycles. The summed E-state index contributed by atoms with van der Waals surface area (Å²) in [6.07, 6.45) is 3.85. The summed E-state index contributed by atoms with van der Waals surface area (Å²) in [5, 5.41) is 9.66. The van der Waals surface area contributed by atoms with Crippen LogP contribution >= 0.6 is 0 Å². The molecule has 0 bridgehead atoms. The first-order valence-electron chi connectivity index (χ1n) is 8.33. The number of likely N-dealkylation sites (tertiary alicyclic amines) is 1. The van der Waals surface area contributed by atoms with Crippen molar-refractivity contribution in [1.82, 2.24) is 9.88 Å². The van der Waals surface area contributed by atoms with E-state index in [0.717, 1.165) is 5.56 Å². The largest absolute Gasteiger partial charge is 0.478 e. The number of hydrogen-bond acceptors (Lipinski definition) is 4. The smallest absolute Gasteiger partial charge is 0.348 e. The van der Waals surface area contributed by atoms with Gasteiger partial charge in [-0.1, -0.05) is 0 Å². The quantitative estimate of drug-likeness (QED) is 0.887. The second kappa shape index (κ2) is 7.51. The highest BCUT2D eigenvalue weighted by Crippen LogP contribution is 2.29. The molecule has 0 aliphatic carbocycles. The molecule has 3 rings (SSSR count). The summed E-state index contributed by atoms with van der Waals surface area (Å²) in [6.45, 7) is 0.578. The van der Waals surface area contributed by atoms with E-state index in [1.165, 1.54) is 24.3 Å². The predicted molar refractivity (Wildman–Crippen MR) is 91.1 cm³/mol. The van der Waals surface area contributed by atoms with Crippen molar-refractivity contribution in [3.05, 3.63) is 60.2 Å². The van der Waals surface area contributed by atoms with Gasteiger partial charge in [-0.15, -0.1) is 0 Å². The number of aromatic nitrogens is 1. The third kappa shape index (κ3) is 3.99. The lowest BCUT2D eigenvalue weighted by atomic mass is 9.90. The summed E-state index contributed by atoms with van der Waals surface area (Å²) in [7, 11) is 0. The van der Waals surface area contributed by atoms with Gasteiger partial charge < -0.3 is 14.7 Å². The lowest BCUT2D eigenvalue weighted by Crippen LogP contribution is -2.54. The Morgan fingerprint density at radius 1 is 1.12 bits per heavy atom. The van der Waals surface area contributed by atoms with E-state index in [-0.39, 0.29) is 38.3 Å². The number of halogens is 1. The third-order valence-electron chi connectivity index (χ3n) is 4.55. The molecule has 1 aliphatic rings. The van der Waals surface area contributed by atoms with E-state index in [1.807, 2.05) is 0 Å². The van der Waals surface area contributed by atoms with Crippen LogP contribution in [0.4, 0.5) is 4.39 Å². The van der Waals surface area contributed by atoms with Gasteiger partial charge in [-0.2, -0.15) is 0 Å². The molecule has 1 N–H and O–H groups in total. The van der Waals surface area contributed by atoms with E-state index in [1.54, 1.807) is 29.4 Å². The van der Waals surface area contributed by atoms with Crippen molar-refractivity contribution in [3.8, 4) is 5.75 Å². The Morgan fingerprint density at radius 2 is 1.73 bits per heavy atom. The van der Waals surface area contributed by atoms with Crippen LogP contribution in [0.3, 0.4) is 0 Å². The minimum Gasteiger partial charge on any atom is -0.478 e. The third-order valence-corrected chi connectivity index (χ3v) is 4.55. The summed E-state index contributed by atoms with van der Waals surface area (Å²) >= 11 is 0. The molecule has 1 fully saturated rings. The summed E-state index contributed by atoms with van der Waals surface area (Å²) in [5.74, 6) is -1.26. The van der Waals surface area contributed by atoms with Crippen molar-refractivity contribution < 1.29 is 23.8 Å². The Kier molecular flexibility index (Phi) is 5.16. The Labute approximate surface area is 150 Å². The molecule has 0 radical (unpaired) electrons. The topological polar surface area (TPSA) is 79.7 Å². The SMILES string of the molecule is O=C(Cc1ccncc1)N1CCC(Oc2ccc(F)cc2)(C(=O)O)CC1. The minimum absolute atomic E-state index is 0.0584. The van der Waals surface area contributed by atoms with Crippen LogP contribution in [0.15, 0.2) is 48.8 Å². The van der Waals surface area contributed by atoms with Gasteiger partial charge in [0.25, 0.3) is 0 Å². The average molecular weight is 358 g/mol. The van der Waals surface area contributed by atoms with Crippen molar-refractivity contribution in [1.29, 1.82) is 0 Å². The van der Waals surface area contributed by atoms with Crippen molar-refractivity contribution in [3.63, 3.8) is 0 Å². The van der Waals surface area contributed by atoms with Crippen LogP contribution in [0.2, 0.25) is 0 Å². The second-order valence-electron chi connectivity index (χ2n) is 6.27. The fourth-order valence-corrected chi connectivity index (χ4v) is 2.99. The van der Waals surface area contributed by atoms with Crippen LogP contribution in [0.25, 0.3) is 0 Å². The number of carboxylic acids is 1. The fourth-order valence-electron chi connectivity index (χ4n) is 2.99. The highest BCUT2D eigenvalue weighted by atomic mass is 19.1. The van der Waals surface area contributed by atoms with Crippen LogP contribution < -0.4 is 4.74 Å². The Bertz CT molecular complexity index is 772. The van der Waals surface area contributed by atoms with Crippen LogP contribution in [0.1, 0.15) is 18.4 Å². The van der Waals surface area contributed by atoms with E-state index >= 15 is 0 Å². The first-order valence-corrected chi connectivity index (χ1v) is 8.33. The maximum absolute atomic E-state index is 13.0. The molecule has 1 aromatic carbocycles. The number of carbonyl (C=O) groups is 2. The number of aliphatic carboxylic acids is 1. The van der Waals surface area contributed by atoms with Crippen LogP contribution in [0.5, 0.6) is 5.75 Å². The van der Waals surface area contributed by atoms with Gasteiger partial charge in [-0.05, 0) is 42.0 Å². The number of piperidine rings is 1. The van der Waals surface area contributed by atoms with Crippen LogP contribution in [0, 0.1) is 5.82 Å². The number of nitrogens with zero attached hydrogens (tertiary/aromatic N) is 2.